The third-order valence-electron chi connectivity index (χ3n) is 3.10. The van der Waals surface area contributed by atoms with Gasteiger partial charge < -0.3 is 4.74 Å². The second-order valence-electron chi connectivity index (χ2n) is 4.52. The third-order valence-corrected chi connectivity index (χ3v) is 3.10. The second-order valence-corrected chi connectivity index (χ2v) is 4.52. The fourth-order valence-corrected chi connectivity index (χ4v) is 2.11. The van der Waals surface area contributed by atoms with Gasteiger partial charge in [0.1, 0.15) is 0 Å². The van der Waals surface area contributed by atoms with Gasteiger partial charge in [0, 0.05) is 0 Å². The number of hydrogen-bond acceptors (Lipinski definition) is 2. The van der Waals surface area contributed by atoms with Crippen molar-refractivity contribution in [3.63, 3.8) is 0 Å². The second kappa shape index (κ2) is 6.71. The van der Waals surface area contributed by atoms with Crippen LogP contribution in [0.15, 0.2) is 61.2 Å². The van der Waals surface area contributed by atoms with Gasteiger partial charge in [0.2, 0.25) is 0 Å². The molecule has 0 heterocycles. The lowest BCUT2D eigenvalue weighted by Crippen LogP contribution is -2.07. The van der Waals surface area contributed by atoms with Crippen molar-refractivity contribution in [2.45, 2.75) is 13.3 Å². The van der Waals surface area contributed by atoms with E-state index in [-0.39, 0.29) is 5.97 Å². The van der Waals surface area contributed by atoms with E-state index in [2.05, 4.69) is 18.7 Å². The smallest absolute Gasteiger partial charge is 0.338 e. The molecule has 0 unspecified atom stereocenters. The lowest BCUT2D eigenvalue weighted by Gasteiger charge is -2.11. The molecule has 0 amide bonds. The van der Waals surface area contributed by atoms with Gasteiger partial charge in [-0.1, -0.05) is 61.2 Å². The van der Waals surface area contributed by atoms with Crippen molar-refractivity contribution < 1.29 is 9.53 Å². The minimum Gasteiger partial charge on any atom is -0.462 e. The van der Waals surface area contributed by atoms with E-state index in [1.54, 1.807) is 6.92 Å². The Bertz CT molecular complexity index is 600. The lowest BCUT2D eigenvalue weighted by atomic mass is 9.95. The molecule has 2 aromatic rings. The summed E-state index contributed by atoms with van der Waals surface area (Å²) >= 11 is 0. The van der Waals surface area contributed by atoms with E-state index in [1.807, 2.05) is 42.5 Å². The molecule has 0 aliphatic rings. The van der Waals surface area contributed by atoms with Crippen LogP contribution >= 0.6 is 0 Å². The topological polar surface area (TPSA) is 26.3 Å². The lowest BCUT2D eigenvalue weighted by molar-refractivity contribution is -0.136. The van der Waals surface area contributed by atoms with Crippen molar-refractivity contribution in [1.29, 1.82) is 0 Å². The van der Waals surface area contributed by atoms with Crippen LogP contribution in [0.3, 0.4) is 0 Å². The Balaban J connectivity index is 2.27. The standard InChI is InChI=1S/C18H18O2/c1-3-20-18(19)14(2)17-12-8-7-11-16(17)13-15-9-5-4-6-10-15/h4-12H,2-3,13H2,1H3. The van der Waals surface area contributed by atoms with Crippen LogP contribution < -0.4 is 0 Å². The molecule has 0 saturated heterocycles. The van der Waals surface area contributed by atoms with Crippen LogP contribution in [0.1, 0.15) is 23.6 Å². The summed E-state index contributed by atoms with van der Waals surface area (Å²) in [4.78, 5) is 11.8. The van der Waals surface area contributed by atoms with Gasteiger partial charge in [-0.2, -0.15) is 0 Å². The molecule has 0 aromatic heterocycles. The molecule has 2 aromatic carbocycles. The van der Waals surface area contributed by atoms with Crippen molar-refractivity contribution in [3.05, 3.63) is 77.9 Å². The maximum absolute atomic E-state index is 11.8. The third kappa shape index (κ3) is 3.35. The number of hydrogen-bond donors (Lipinski definition) is 0. The van der Waals surface area contributed by atoms with Crippen LogP contribution in [0.5, 0.6) is 0 Å². The number of carbonyl (C=O) groups excluding carboxylic acids is 1. The fourth-order valence-electron chi connectivity index (χ4n) is 2.11. The van der Waals surface area contributed by atoms with Crippen LogP contribution in [0.25, 0.3) is 5.57 Å². The zero-order chi connectivity index (χ0) is 14.4. The highest BCUT2D eigenvalue weighted by Crippen LogP contribution is 2.21. The molecular formula is C18H18O2. The maximum atomic E-state index is 11.8. The minimum atomic E-state index is -0.354. The van der Waals surface area contributed by atoms with Gasteiger partial charge in [-0.05, 0) is 30.0 Å². The largest absolute Gasteiger partial charge is 0.462 e. The van der Waals surface area contributed by atoms with E-state index in [9.17, 15) is 4.79 Å². The molecule has 2 nitrogen and oxygen atoms in total. The number of carbonyl (C=O) groups is 1. The molecule has 102 valence electrons. The Hall–Kier alpha value is -2.35. The van der Waals surface area contributed by atoms with Gasteiger partial charge in [0.05, 0.1) is 12.2 Å². The monoisotopic (exact) mass is 266 g/mol. The zero-order valence-electron chi connectivity index (χ0n) is 11.6. The Morgan fingerprint density at radius 3 is 2.40 bits per heavy atom. The summed E-state index contributed by atoms with van der Waals surface area (Å²) in [5, 5.41) is 0. The summed E-state index contributed by atoms with van der Waals surface area (Å²) in [5.74, 6) is -0.354. The summed E-state index contributed by atoms with van der Waals surface area (Å²) in [6, 6.07) is 18.0. The fraction of sp³-hybridized carbons (Fsp3) is 0.167. The molecule has 0 saturated carbocycles. The van der Waals surface area contributed by atoms with Crippen LogP contribution in [0, 0.1) is 0 Å². The van der Waals surface area contributed by atoms with Gasteiger partial charge in [-0.15, -0.1) is 0 Å². The molecule has 2 rings (SSSR count). The molecule has 0 fully saturated rings. The molecule has 0 spiro atoms. The molecule has 0 atom stereocenters. The van der Waals surface area contributed by atoms with Crippen LogP contribution in [-0.2, 0) is 16.0 Å². The molecule has 2 heteroatoms. The summed E-state index contributed by atoms with van der Waals surface area (Å²) in [6.45, 7) is 6.02. The van der Waals surface area contributed by atoms with E-state index in [1.165, 1.54) is 5.56 Å². The SMILES string of the molecule is C=C(C(=O)OCC)c1ccccc1Cc1ccccc1. The predicted octanol–water partition coefficient (Wildman–Crippen LogP) is 3.85. The molecule has 0 radical (unpaired) electrons. The minimum absolute atomic E-state index is 0.354. The Morgan fingerprint density at radius 1 is 1.05 bits per heavy atom. The Labute approximate surface area is 119 Å². The first kappa shape index (κ1) is 14.1. The van der Waals surface area contributed by atoms with Crippen molar-refractivity contribution in [3.8, 4) is 0 Å². The van der Waals surface area contributed by atoms with Gasteiger partial charge >= 0.3 is 5.97 Å². The highest BCUT2D eigenvalue weighted by atomic mass is 16.5. The van der Waals surface area contributed by atoms with Crippen LogP contribution in [-0.4, -0.2) is 12.6 Å². The maximum Gasteiger partial charge on any atom is 0.338 e. The molecular weight excluding hydrogens is 248 g/mol. The first-order valence-corrected chi connectivity index (χ1v) is 6.70. The van der Waals surface area contributed by atoms with Crippen molar-refractivity contribution in [2.75, 3.05) is 6.61 Å². The Kier molecular flexibility index (Phi) is 4.72. The molecule has 0 bridgehead atoms. The molecule has 0 N–H and O–H groups in total. The highest BCUT2D eigenvalue weighted by molar-refractivity contribution is 6.16. The zero-order valence-corrected chi connectivity index (χ0v) is 11.6. The molecule has 0 aliphatic carbocycles. The first-order valence-electron chi connectivity index (χ1n) is 6.70. The number of ether oxygens (including phenoxy) is 1. The normalized spacial score (nSPS) is 10.1. The van der Waals surface area contributed by atoms with E-state index >= 15 is 0 Å². The van der Waals surface area contributed by atoms with E-state index in [4.69, 9.17) is 4.74 Å². The van der Waals surface area contributed by atoms with Crippen molar-refractivity contribution >= 4 is 11.5 Å². The van der Waals surface area contributed by atoms with Crippen molar-refractivity contribution in [1.82, 2.24) is 0 Å². The summed E-state index contributed by atoms with van der Waals surface area (Å²) in [6.07, 6.45) is 0.773. The molecule has 0 aliphatic heterocycles. The number of esters is 1. The number of rotatable bonds is 5. The summed E-state index contributed by atoms with van der Waals surface area (Å²) in [5.41, 5.74) is 3.56. The van der Waals surface area contributed by atoms with E-state index in [0.29, 0.717) is 12.2 Å². The van der Waals surface area contributed by atoms with Gasteiger partial charge in [0.25, 0.3) is 0 Å². The molecule has 20 heavy (non-hydrogen) atoms. The summed E-state index contributed by atoms with van der Waals surface area (Å²) in [7, 11) is 0. The van der Waals surface area contributed by atoms with Gasteiger partial charge in [0.15, 0.2) is 0 Å². The van der Waals surface area contributed by atoms with Crippen LogP contribution in [0.4, 0.5) is 0 Å². The van der Waals surface area contributed by atoms with Gasteiger partial charge in [-0.25, -0.2) is 4.79 Å². The van der Waals surface area contributed by atoms with Crippen molar-refractivity contribution in [2.24, 2.45) is 0 Å². The van der Waals surface area contributed by atoms with E-state index < -0.39 is 0 Å². The van der Waals surface area contributed by atoms with E-state index in [0.717, 1.165) is 17.5 Å². The summed E-state index contributed by atoms with van der Waals surface area (Å²) < 4.78 is 5.02. The predicted molar refractivity (Wildman–Crippen MR) is 81.4 cm³/mol. The van der Waals surface area contributed by atoms with Gasteiger partial charge in [-0.3, -0.25) is 0 Å². The average Bonchev–Trinajstić information content (AvgIpc) is 2.48. The quantitative estimate of drug-likeness (QED) is 0.607. The number of benzene rings is 2. The first-order chi connectivity index (χ1) is 9.72. The Morgan fingerprint density at radius 2 is 1.70 bits per heavy atom. The highest BCUT2D eigenvalue weighted by Gasteiger charge is 2.13. The van der Waals surface area contributed by atoms with Crippen LogP contribution in [0.2, 0.25) is 0 Å². The average molecular weight is 266 g/mol.